The summed E-state index contributed by atoms with van der Waals surface area (Å²) in [6.07, 6.45) is 0.757. The van der Waals surface area contributed by atoms with Gasteiger partial charge in [0.25, 0.3) is 0 Å². The van der Waals surface area contributed by atoms with Gasteiger partial charge in [0.15, 0.2) is 14.4 Å². The number of pyridine rings is 1. The summed E-state index contributed by atoms with van der Waals surface area (Å²) >= 11 is 6.12. The minimum atomic E-state index is -2.15. The molecule has 1 atom stereocenters. The Morgan fingerprint density at radius 1 is 1.43 bits per heavy atom. The molecular weight excluding hydrogens is 306 g/mol. The molecule has 118 valence electrons. The lowest BCUT2D eigenvalue weighted by atomic mass is 10.2. The number of halogens is 1. The maximum atomic E-state index is 12.3. The van der Waals surface area contributed by atoms with E-state index in [2.05, 4.69) is 38.8 Å². The molecular formula is C15H24ClNO3Si. The number of hydrogen-bond donors (Lipinski definition) is 0. The Morgan fingerprint density at radius 2 is 2.05 bits per heavy atom. The number of hydrogen-bond acceptors (Lipinski definition) is 4. The van der Waals surface area contributed by atoms with E-state index in [1.807, 2.05) is 0 Å². The summed E-state index contributed by atoms with van der Waals surface area (Å²) in [6.45, 7) is 12.6. The summed E-state index contributed by atoms with van der Waals surface area (Å²) in [5.74, 6) is -0.419. The molecule has 0 N–H and O–H groups in total. The Labute approximate surface area is 132 Å². The lowest BCUT2D eigenvalue weighted by Crippen LogP contribution is -2.43. The van der Waals surface area contributed by atoms with Crippen molar-refractivity contribution in [3.63, 3.8) is 0 Å². The molecule has 1 unspecified atom stereocenters. The van der Waals surface area contributed by atoms with E-state index in [-0.39, 0.29) is 10.2 Å². The number of carbonyl (C=O) groups is 1. The lowest BCUT2D eigenvalue weighted by Gasteiger charge is -2.38. The summed E-state index contributed by atoms with van der Waals surface area (Å²) < 4.78 is 11.4. The zero-order chi connectivity index (χ0) is 16.3. The van der Waals surface area contributed by atoms with Gasteiger partial charge < -0.3 is 9.16 Å². The molecule has 0 saturated heterocycles. The van der Waals surface area contributed by atoms with Crippen molar-refractivity contribution >= 4 is 25.9 Å². The molecule has 1 aromatic heterocycles. The van der Waals surface area contributed by atoms with Crippen molar-refractivity contribution in [2.45, 2.75) is 51.9 Å². The van der Waals surface area contributed by atoms with Crippen LogP contribution in [-0.2, 0) is 14.0 Å². The van der Waals surface area contributed by atoms with Crippen LogP contribution in [0.15, 0.2) is 18.3 Å². The van der Waals surface area contributed by atoms with Gasteiger partial charge >= 0.3 is 5.97 Å². The monoisotopic (exact) mass is 329 g/mol. The molecule has 1 rings (SSSR count). The highest BCUT2D eigenvalue weighted by Gasteiger charge is 2.42. The normalized spacial score (nSPS) is 13.9. The molecule has 0 bridgehead atoms. The van der Waals surface area contributed by atoms with Gasteiger partial charge in [-0.05, 0) is 31.1 Å². The number of carbonyl (C=O) groups excluding carboxylic acids is 1. The van der Waals surface area contributed by atoms with Gasteiger partial charge in [0.05, 0.1) is 6.61 Å². The van der Waals surface area contributed by atoms with E-state index in [9.17, 15) is 4.79 Å². The van der Waals surface area contributed by atoms with Gasteiger partial charge in [-0.3, -0.25) is 0 Å². The summed E-state index contributed by atoms with van der Waals surface area (Å²) in [5, 5.41) is 0.251. The van der Waals surface area contributed by atoms with Crippen LogP contribution >= 0.6 is 11.6 Å². The zero-order valence-electron chi connectivity index (χ0n) is 13.6. The fourth-order valence-corrected chi connectivity index (χ4v) is 2.91. The molecule has 0 saturated carbocycles. The molecule has 1 heterocycles. The fourth-order valence-electron chi connectivity index (χ4n) is 1.52. The van der Waals surface area contributed by atoms with Crippen molar-refractivity contribution in [1.29, 1.82) is 0 Å². The largest absolute Gasteiger partial charge is 0.464 e. The van der Waals surface area contributed by atoms with Crippen LogP contribution in [0.3, 0.4) is 0 Å². The second-order valence-electron chi connectivity index (χ2n) is 6.39. The molecule has 6 heteroatoms. The highest BCUT2D eigenvalue weighted by atomic mass is 35.5. The SMILES string of the molecule is CCOC(=O)C(O[Si](C)(C)C(C)(C)C)c1cccnc1Cl. The van der Waals surface area contributed by atoms with Crippen LogP contribution in [0.25, 0.3) is 0 Å². The Bertz CT molecular complexity index is 500. The lowest BCUT2D eigenvalue weighted by molar-refractivity contribution is -0.152. The zero-order valence-corrected chi connectivity index (χ0v) is 15.3. The Morgan fingerprint density at radius 3 is 2.52 bits per heavy atom. The quantitative estimate of drug-likeness (QED) is 0.457. The summed E-state index contributed by atoms with van der Waals surface area (Å²) in [4.78, 5) is 16.3. The van der Waals surface area contributed by atoms with Gasteiger partial charge in [-0.15, -0.1) is 0 Å². The van der Waals surface area contributed by atoms with Crippen molar-refractivity contribution in [1.82, 2.24) is 4.98 Å². The molecule has 0 aromatic carbocycles. The number of aromatic nitrogens is 1. The molecule has 0 aliphatic heterocycles. The van der Waals surface area contributed by atoms with Gasteiger partial charge in [0.1, 0.15) is 5.15 Å². The van der Waals surface area contributed by atoms with E-state index in [1.54, 1.807) is 25.3 Å². The number of rotatable bonds is 5. The molecule has 21 heavy (non-hydrogen) atoms. The third-order valence-corrected chi connectivity index (χ3v) is 8.54. The Kier molecular flexibility index (Phi) is 5.96. The topological polar surface area (TPSA) is 48.4 Å². The maximum Gasteiger partial charge on any atom is 0.338 e. The van der Waals surface area contributed by atoms with Crippen molar-refractivity contribution in [3.8, 4) is 0 Å². The van der Waals surface area contributed by atoms with E-state index >= 15 is 0 Å². The smallest absolute Gasteiger partial charge is 0.338 e. The van der Waals surface area contributed by atoms with E-state index in [4.69, 9.17) is 20.8 Å². The maximum absolute atomic E-state index is 12.3. The highest BCUT2D eigenvalue weighted by molar-refractivity contribution is 6.74. The average Bonchev–Trinajstić information content (AvgIpc) is 2.36. The first-order valence-electron chi connectivity index (χ1n) is 7.05. The van der Waals surface area contributed by atoms with E-state index in [0.717, 1.165) is 0 Å². The van der Waals surface area contributed by atoms with Gasteiger partial charge in [-0.25, -0.2) is 9.78 Å². The summed E-state index contributed by atoms with van der Waals surface area (Å²) in [5.41, 5.74) is 0.558. The molecule has 0 radical (unpaired) electrons. The second-order valence-corrected chi connectivity index (χ2v) is 11.5. The fraction of sp³-hybridized carbons (Fsp3) is 0.600. The predicted molar refractivity (Wildman–Crippen MR) is 86.9 cm³/mol. The van der Waals surface area contributed by atoms with Crippen LogP contribution in [0.4, 0.5) is 0 Å². The predicted octanol–water partition coefficient (Wildman–Crippen LogP) is 4.36. The number of ether oxygens (including phenoxy) is 1. The summed E-state index contributed by atoms with van der Waals surface area (Å²) in [7, 11) is -2.15. The van der Waals surface area contributed by atoms with E-state index < -0.39 is 20.4 Å². The molecule has 0 spiro atoms. The van der Waals surface area contributed by atoms with Gasteiger partial charge in [-0.2, -0.15) is 0 Å². The van der Waals surface area contributed by atoms with Crippen LogP contribution in [-0.4, -0.2) is 25.9 Å². The van der Waals surface area contributed by atoms with Gasteiger partial charge in [0, 0.05) is 11.8 Å². The van der Waals surface area contributed by atoms with E-state index in [0.29, 0.717) is 12.2 Å². The van der Waals surface area contributed by atoms with Crippen LogP contribution in [0.1, 0.15) is 39.4 Å². The van der Waals surface area contributed by atoms with Crippen LogP contribution in [0, 0.1) is 0 Å². The minimum absolute atomic E-state index is 0.0214. The van der Waals surface area contributed by atoms with Gasteiger partial charge in [0.2, 0.25) is 0 Å². The van der Waals surface area contributed by atoms with Crippen molar-refractivity contribution in [2.75, 3.05) is 6.61 Å². The first kappa shape index (κ1) is 18.1. The Balaban J connectivity index is 3.16. The molecule has 1 aromatic rings. The summed E-state index contributed by atoms with van der Waals surface area (Å²) in [6, 6.07) is 3.49. The standard InChI is InChI=1S/C15H24ClNO3Si/c1-7-19-14(18)12(11-9-8-10-17-13(11)16)20-21(5,6)15(2,3)4/h8-10,12H,7H2,1-6H3. The third kappa shape index (κ3) is 4.53. The number of esters is 1. The molecule has 0 fully saturated rings. The van der Waals surface area contributed by atoms with Crippen molar-refractivity contribution < 1.29 is 14.0 Å². The Hall–Kier alpha value is -0.913. The molecule has 0 amide bonds. The van der Waals surface area contributed by atoms with Crippen molar-refractivity contribution in [3.05, 3.63) is 29.0 Å². The van der Waals surface area contributed by atoms with Crippen molar-refractivity contribution in [2.24, 2.45) is 0 Å². The van der Waals surface area contributed by atoms with Crippen LogP contribution in [0.5, 0.6) is 0 Å². The molecule has 0 aliphatic rings. The average molecular weight is 330 g/mol. The second kappa shape index (κ2) is 6.90. The third-order valence-electron chi connectivity index (χ3n) is 3.79. The minimum Gasteiger partial charge on any atom is -0.464 e. The van der Waals surface area contributed by atoms with E-state index in [1.165, 1.54) is 0 Å². The van der Waals surface area contributed by atoms with Gasteiger partial charge in [-0.1, -0.05) is 38.4 Å². The first-order chi connectivity index (χ1) is 9.60. The van der Waals surface area contributed by atoms with Crippen LogP contribution < -0.4 is 0 Å². The molecule has 0 aliphatic carbocycles. The first-order valence-corrected chi connectivity index (χ1v) is 10.3. The highest BCUT2D eigenvalue weighted by Crippen LogP contribution is 2.40. The molecule has 4 nitrogen and oxygen atoms in total. The van der Waals surface area contributed by atoms with Crippen LogP contribution in [0.2, 0.25) is 23.3 Å². The number of nitrogens with zero attached hydrogens (tertiary/aromatic N) is 1.